The summed E-state index contributed by atoms with van der Waals surface area (Å²) < 4.78 is 0. The summed E-state index contributed by atoms with van der Waals surface area (Å²) >= 11 is 2.03. The Bertz CT molecular complexity index is 393. The van der Waals surface area contributed by atoms with Crippen molar-refractivity contribution in [3.05, 3.63) is 35.6 Å². The smallest absolute Gasteiger partial charge is 0.0774 e. The maximum Gasteiger partial charge on any atom is 0.0774 e. The van der Waals surface area contributed by atoms with Crippen molar-refractivity contribution in [1.82, 2.24) is 4.90 Å². The predicted octanol–water partition coefficient (Wildman–Crippen LogP) is 3.24. The molecule has 0 radical (unpaired) electrons. The van der Waals surface area contributed by atoms with Gasteiger partial charge in [-0.15, -0.1) is 11.8 Å². The van der Waals surface area contributed by atoms with Crippen LogP contribution in [0.5, 0.6) is 0 Å². The monoisotopic (exact) mass is 248 g/mol. The van der Waals surface area contributed by atoms with Crippen LogP contribution in [0.4, 0.5) is 0 Å². The molecule has 0 bridgehead atoms. The molecule has 0 aliphatic carbocycles. The van der Waals surface area contributed by atoms with E-state index in [1.807, 2.05) is 24.1 Å². The zero-order valence-electron chi connectivity index (χ0n) is 10.8. The fourth-order valence-electron chi connectivity index (χ4n) is 2.01. The van der Waals surface area contributed by atoms with Crippen molar-refractivity contribution < 1.29 is 0 Å². The molecular formula is C14H20N2S. The van der Waals surface area contributed by atoms with Gasteiger partial charge in [-0.25, -0.2) is 0 Å². The lowest BCUT2D eigenvalue weighted by atomic mass is 10.2. The van der Waals surface area contributed by atoms with Crippen LogP contribution in [0.1, 0.15) is 20.3 Å². The van der Waals surface area contributed by atoms with Crippen molar-refractivity contribution in [2.24, 2.45) is 4.99 Å². The Kier molecular flexibility index (Phi) is 4.24. The molecule has 1 fully saturated rings. The second-order valence-corrected chi connectivity index (χ2v) is 5.79. The third kappa shape index (κ3) is 3.11. The quantitative estimate of drug-likeness (QED) is 0.745. The molecule has 92 valence electrons. The van der Waals surface area contributed by atoms with Gasteiger partial charge in [-0.3, -0.25) is 9.89 Å². The van der Waals surface area contributed by atoms with Crippen molar-refractivity contribution in [3.8, 4) is 0 Å². The molecule has 2 unspecified atom stereocenters. The van der Waals surface area contributed by atoms with Gasteiger partial charge in [0.1, 0.15) is 0 Å². The molecule has 2 atom stereocenters. The highest BCUT2D eigenvalue weighted by atomic mass is 32.2. The topological polar surface area (TPSA) is 15.6 Å². The van der Waals surface area contributed by atoms with Gasteiger partial charge < -0.3 is 0 Å². The summed E-state index contributed by atoms with van der Waals surface area (Å²) in [6, 6.07) is 0.677. The van der Waals surface area contributed by atoms with Gasteiger partial charge in [-0.2, -0.15) is 0 Å². The summed E-state index contributed by atoms with van der Waals surface area (Å²) in [4.78, 5) is 6.79. The highest BCUT2D eigenvalue weighted by Crippen LogP contribution is 2.32. The maximum absolute atomic E-state index is 4.35. The number of hydrogen-bond donors (Lipinski definition) is 0. The van der Waals surface area contributed by atoms with Crippen LogP contribution >= 0.6 is 11.8 Å². The average molecular weight is 248 g/mol. The molecule has 2 aliphatic heterocycles. The Hall–Kier alpha value is -0.800. The van der Waals surface area contributed by atoms with E-state index in [0.717, 1.165) is 12.1 Å². The molecule has 0 N–H and O–H groups in total. The number of aliphatic imine (C=N–C) groups is 1. The summed E-state index contributed by atoms with van der Waals surface area (Å²) in [5.41, 5.74) is 2.56. The third-order valence-electron chi connectivity index (χ3n) is 3.28. The Morgan fingerprint density at radius 2 is 2.41 bits per heavy atom. The van der Waals surface area contributed by atoms with Crippen LogP contribution in [0.3, 0.4) is 0 Å². The van der Waals surface area contributed by atoms with E-state index >= 15 is 0 Å². The molecule has 0 amide bonds. The van der Waals surface area contributed by atoms with Gasteiger partial charge in [0.25, 0.3) is 0 Å². The van der Waals surface area contributed by atoms with E-state index in [0.29, 0.717) is 11.4 Å². The van der Waals surface area contributed by atoms with E-state index in [9.17, 15) is 0 Å². The van der Waals surface area contributed by atoms with Crippen LogP contribution in [0.25, 0.3) is 0 Å². The van der Waals surface area contributed by atoms with Crippen LogP contribution < -0.4 is 0 Å². The summed E-state index contributed by atoms with van der Waals surface area (Å²) in [6.07, 6.45) is 11.3. The fraction of sp³-hybridized carbons (Fsp3) is 0.500. The van der Waals surface area contributed by atoms with Crippen LogP contribution in [0.2, 0.25) is 0 Å². The average Bonchev–Trinajstić information content (AvgIpc) is 2.69. The molecule has 3 heteroatoms. The normalized spacial score (nSPS) is 32.6. The molecule has 0 aromatic rings. The van der Waals surface area contributed by atoms with Crippen molar-refractivity contribution in [3.63, 3.8) is 0 Å². The van der Waals surface area contributed by atoms with Crippen LogP contribution in [0, 0.1) is 0 Å². The summed E-state index contributed by atoms with van der Waals surface area (Å²) in [7, 11) is 2.21. The lowest BCUT2D eigenvalue weighted by Crippen LogP contribution is -2.30. The maximum atomic E-state index is 4.35. The highest BCUT2D eigenvalue weighted by molar-refractivity contribution is 8.00. The van der Waals surface area contributed by atoms with E-state index in [4.69, 9.17) is 0 Å². The van der Waals surface area contributed by atoms with Crippen molar-refractivity contribution >= 4 is 18.0 Å². The number of nitrogens with zero attached hydrogens (tertiary/aromatic N) is 2. The first-order valence-electron chi connectivity index (χ1n) is 6.08. The second kappa shape index (κ2) is 5.69. The van der Waals surface area contributed by atoms with Crippen molar-refractivity contribution in [2.45, 2.75) is 31.7 Å². The minimum absolute atomic E-state index is 0.532. The molecule has 0 aromatic carbocycles. The predicted molar refractivity (Wildman–Crippen MR) is 77.6 cm³/mol. The largest absolute Gasteiger partial charge is 0.288 e. The number of allylic oxidation sites excluding steroid dienone is 4. The summed E-state index contributed by atoms with van der Waals surface area (Å²) in [5, 5.41) is 0.532. The van der Waals surface area contributed by atoms with E-state index in [1.165, 1.54) is 11.3 Å². The van der Waals surface area contributed by atoms with Gasteiger partial charge >= 0.3 is 0 Å². The lowest BCUT2D eigenvalue weighted by Gasteiger charge is -2.22. The van der Waals surface area contributed by atoms with Gasteiger partial charge in [0.15, 0.2) is 0 Å². The lowest BCUT2D eigenvalue weighted by molar-refractivity contribution is 0.299. The van der Waals surface area contributed by atoms with Gasteiger partial charge in [0.2, 0.25) is 0 Å². The molecule has 2 aliphatic rings. The molecule has 1 saturated heterocycles. The number of likely N-dealkylation sites (N-methyl/N-ethyl adjacent to an activating group) is 1. The van der Waals surface area contributed by atoms with E-state index in [1.54, 1.807) is 0 Å². The molecular weight excluding hydrogens is 228 g/mol. The number of hydrogen-bond acceptors (Lipinski definition) is 3. The van der Waals surface area contributed by atoms with Crippen LogP contribution in [0.15, 0.2) is 40.6 Å². The zero-order valence-corrected chi connectivity index (χ0v) is 11.6. The molecule has 0 spiro atoms. The molecule has 0 saturated carbocycles. The van der Waals surface area contributed by atoms with Gasteiger partial charge in [0.05, 0.1) is 5.37 Å². The first-order chi connectivity index (χ1) is 8.18. The molecule has 2 rings (SSSR count). The van der Waals surface area contributed by atoms with Crippen LogP contribution in [-0.4, -0.2) is 35.3 Å². The molecule has 2 heterocycles. The Morgan fingerprint density at radius 3 is 3.00 bits per heavy atom. The van der Waals surface area contributed by atoms with Crippen molar-refractivity contribution in [1.29, 1.82) is 0 Å². The summed E-state index contributed by atoms with van der Waals surface area (Å²) in [6.45, 7) is 4.50. The molecule has 2 nitrogen and oxygen atoms in total. The first kappa shape index (κ1) is 12.7. The fourth-order valence-corrected chi connectivity index (χ4v) is 3.49. The van der Waals surface area contributed by atoms with E-state index in [2.05, 4.69) is 49.0 Å². The second-order valence-electron chi connectivity index (χ2n) is 4.68. The van der Waals surface area contributed by atoms with Gasteiger partial charge in [-0.1, -0.05) is 12.2 Å². The number of rotatable bonds is 2. The SMILES string of the molecule is C/C(=C\C=C1/CC=CC=N1)C1SCC(C)N1C. The minimum Gasteiger partial charge on any atom is -0.288 e. The van der Waals surface area contributed by atoms with E-state index < -0.39 is 0 Å². The van der Waals surface area contributed by atoms with Gasteiger partial charge in [0, 0.05) is 30.1 Å². The Morgan fingerprint density at radius 1 is 1.59 bits per heavy atom. The highest BCUT2D eigenvalue weighted by Gasteiger charge is 2.28. The third-order valence-corrected chi connectivity index (χ3v) is 4.97. The molecule has 17 heavy (non-hydrogen) atoms. The molecule has 0 aromatic heterocycles. The zero-order chi connectivity index (χ0) is 12.3. The number of thioether (sulfide) groups is 1. The summed E-state index contributed by atoms with van der Waals surface area (Å²) in [5.74, 6) is 1.23. The number of dihydropyridines is 1. The van der Waals surface area contributed by atoms with Crippen LogP contribution in [-0.2, 0) is 0 Å². The van der Waals surface area contributed by atoms with Gasteiger partial charge in [-0.05, 0) is 38.6 Å². The van der Waals surface area contributed by atoms with Crippen molar-refractivity contribution in [2.75, 3.05) is 12.8 Å². The first-order valence-corrected chi connectivity index (χ1v) is 7.13. The Labute approximate surface area is 108 Å². The van der Waals surface area contributed by atoms with E-state index in [-0.39, 0.29) is 0 Å². The minimum atomic E-state index is 0.532. The Balaban J connectivity index is 2.02. The standard InChI is InChI=1S/C14H20N2S/c1-11(14-16(3)12(2)10-17-14)7-8-13-6-4-5-9-15-13/h4-5,7-9,12,14H,6,10H2,1-3H3/b11-7+,13-8+.